The number of benzene rings is 2. The molecule has 0 atom stereocenters. The summed E-state index contributed by atoms with van der Waals surface area (Å²) in [5, 5.41) is 0. The number of rotatable bonds is 5. The number of halogens is 1. The molecule has 6 heteroatoms. The first-order chi connectivity index (χ1) is 12.5. The standard InChI is InChI=1S/C20H17BrO5/c1-23-15-6-4-12(5-7-15)18-10-14(20(22)26-18)8-13-9-16(21)19(25-3)11-17(13)24-2/h4-11H,1-3H3/b14-8+. The molecule has 0 spiro atoms. The fourth-order valence-corrected chi connectivity index (χ4v) is 3.07. The van der Waals surface area contributed by atoms with Crippen molar-refractivity contribution in [3.63, 3.8) is 0 Å². The van der Waals surface area contributed by atoms with Gasteiger partial charge >= 0.3 is 5.97 Å². The quantitative estimate of drug-likeness (QED) is 0.531. The van der Waals surface area contributed by atoms with Crippen LogP contribution in [0, 0.1) is 0 Å². The molecule has 0 saturated heterocycles. The fourth-order valence-electron chi connectivity index (χ4n) is 2.55. The van der Waals surface area contributed by atoms with E-state index in [0.29, 0.717) is 22.8 Å². The topological polar surface area (TPSA) is 54.0 Å². The van der Waals surface area contributed by atoms with Crippen LogP contribution in [0.4, 0.5) is 0 Å². The second-order valence-electron chi connectivity index (χ2n) is 5.45. The van der Waals surface area contributed by atoms with Crippen LogP contribution in [-0.4, -0.2) is 27.3 Å². The molecular formula is C20H17BrO5. The Labute approximate surface area is 160 Å². The summed E-state index contributed by atoms with van der Waals surface area (Å²) in [4.78, 5) is 12.2. The molecule has 0 fully saturated rings. The summed E-state index contributed by atoms with van der Waals surface area (Å²) in [5.41, 5.74) is 1.97. The molecule has 0 unspecified atom stereocenters. The van der Waals surface area contributed by atoms with E-state index in [1.165, 1.54) is 0 Å². The summed E-state index contributed by atoms with van der Waals surface area (Å²) < 4.78 is 22.0. The van der Waals surface area contributed by atoms with Gasteiger partial charge in [0.25, 0.3) is 0 Å². The van der Waals surface area contributed by atoms with Crippen LogP contribution in [0.5, 0.6) is 17.2 Å². The Morgan fingerprint density at radius 3 is 2.27 bits per heavy atom. The molecule has 5 nitrogen and oxygen atoms in total. The molecule has 0 aliphatic carbocycles. The Morgan fingerprint density at radius 1 is 0.962 bits per heavy atom. The Hall–Kier alpha value is -2.73. The van der Waals surface area contributed by atoms with Crippen LogP contribution in [0.2, 0.25) is 0 Å². The van der Waals surface area contributed by atoms with Crippen molar-refractivity contribution in [1.82, 2.24) is 0 Å². The van der Waals surface area contributed by atoms with Crippen LogP contribution in [-0.2, 0) is 9.53 Å². The molecule has 2 aromatic rings. The first kappa shape index (κ1) is 18.1. The summed E-state index contributed by atoms with van der Waals surface area (Å²) in [6.07, 6.45) is 3.43. The predicted octanol–water partition coefficient (Wildman–Crippen LogP) is 4.46. The first-order valence-electron chi connectivity index (χ1n) is 7.77. The highest BCUT2D eigenvalue weighted by Gasteiger charge is 2.23. The van der Waals surface area contributed by atoms with Gasteiger partial charge in [-0.1, -0.05) is 0 Å². The Kier molecular flexibility index (Phi) is 5.32. The number of carbonyl (C=O) groups excluding carboxylic acids is 1. The molecular weight excluding hydrogens is 400 g/mol. The fraction of sp³-hybridized carbons (Fsp3) is 0.150. The molecule has 1 aliphatic heterocycles. The molecule has 0 N–H and O–H groups in total. The lowest BCUT2D eigenvalue weighted by Crippen LogP contribution is -1.98. The van der Waals surface area contributed by atoms with Crippen LogP contribution in [0.1, 0.15) is 11.1 Å². The number of cyclic esters (lactones) is 1. The summed E-state index contributed by atoms with van der Waals surface area (Å²) >= 11 is 3.44. The minimum atomic E-state index is -0.412. The van der Waals surface area contributed by atoms with Gasteiger partial charge in [0.05, 0.1) is 31.4 Å². The van der Waals surface area contributed by atoms with Gasteiger partial charge in [0.1, 0.15) is 23.0 Å². The molecule has 1 aliphatic rings. The van der Waals surface area contributed by atoms with Crippen molar-refractivity contribution < 1.29 is 23.7 Å². The lowest BCUT2D eigenvalue weighted by molar-refractivity contribution is -0.130. The SMILES string of the molecule is COc1ccc(C2=C/C(=C\c3cc(Br)c(OC)cc3OC)C(=O)O2)cc1. The lowest BCUT2D eigenvalue weighted by Gasteiger charge is -2.10. The number of methoxy groups -OCH3 is 3. The Balaban J connectivity index is 1.97. The van der Waals surface area contributed by atoms with E-state index in [1.54, 1.807) is 39.5 Å². The van der Waals surface area contributed by atoms with Gasteiger partial charge in [-0.2, -0.15) is 0 Å². The molecule has 0 saturated carbocycles. The van der Waals surface area contributed by atoms with Crippen LogP contribution < -0.4 is 14.2 Å². The second-order valence-corrected chi connectivity index (χ2v) is 6.31. The zero-order chi connectivity index (χ0) is 18.7. The maximum Gasteiger partial charge on any atom is 0.343 e. The number of ether oxygens (including phenoxy) is 4. The predicted molar refractivity (Wildman–Crippen MR) is 102 cm³/mol. The average molecular weight is 417 g/mol. The largest absolute Gasteiger partial charge is 0.497 e. The summed E-state index contributed by atoms with van der Waals surface area (Å²) in [6, 6.07) is 10.9. The van der Waals surface area contributed by atoms with E-state index in [0.717, 1.165) is 21.3 Å². The molecule has 26 heavy (non-hydrogen) atoms. The van der Waals surface area contributed by atoms with Gasteiger partial charge in [0.2, 0.25) is 0 Å². The number of hydrogen-bond acceptors (Lipinski definition) is 5. The maximum atomic E-state index is 12.2. The van der Waals surface area contributed by atoms with Crippen molar-refractivity contribution in [1.29, 1.82) is 0 Å². The van der Waals surface area contributed by atoms with Crippen molar-refractivity contribution in [2.24, 2.45) is 0 Å². The summed E-state index contributed by atoms with van der Waals surface area (Å²) in [7, 11) is 4.75. The maximum absolute atomic E-state index is 12.2. The minimum Gasteiger partial charge on any atom is -0.497 e. The van der Waals surface area contributed by atoms with Gasteiger partial charge in [0, 0.05) is 17.2 Å². The smallest absolute Gasteiger partial charge is 0.343 e. The van der Waals surface area contributed by atoms with Gasteiger partial charge in [-0.05, 0) is 58.4 Å². The Bertz CT molecular complexity index is 897. The van der Waals surface area contributed by atoms with Crippen molar-refractivity contribution in [3.05, 3.63) is 63.6 Å². The molecule has 2 aromatic carbocycles. The average Bonchev–Trinajstić information content (AvgIpc) is 3.02. The van der Waals surface area contributed by atoms with E-state index in [2.05, 4.69) is 15.9 Å². The highest BCUT2D eigenvalue weighted by Crippen LogP contribution is 2.35. The molecule has 1 heterocycles. The van der Waals surface area contributed by atoms with Crippen LogP contribution in [0.25, 0.3) is 11.8 Å². The van der Waals surface area contributed by atoms with E-state index in [-0.39, 0.29) is 0 Å². The zero-order valence-corrected chi connectivity index (χ0v) is 16.1. The zero-order valence-electron chi connectivity index (χ0n) is 14.5. The van der Waals surface area contributed by atoms with Crippen LogP contribution >= 0.6 is 15.9 Å². The summed E-state index contributed by atoms with van der Waals surface area (Å²) in [5.74, 6) is 2.06. The highest BCUT2D eigenvalue weighted by atomic mass is 79.9. The molecule has 0 amide bonds. The highest BCUT2D eigenvalue weighted by molar-refractivity contribution is 9.10. The van der Waals surface area contributed by atoms with Crippen molar-refractivity contribution in [2.45, 2.75) is 0 Å². The third kappa shape index (κ3) is 3.60. The van der Waals surface area contributed by atoms with Gasteiger partial charge in [-0.3, -0.25) is 0 Å². The van der Waals surface area contributed by atoms with Crippen molar-refractivity contribution in [2.75, 3.05) is 21.3 Å². The number of hydrogen-bond donors (Lipinski definition) is 0. The van der Waals surface area contributed by atoms with E-state index < -0.39 is 5.97 Å². The van der Waals surface area contributed by atoms with Gasteiger partial charge in [-0.25, -0.2) is 4.79 Å². The monoisotopic (exact) mass is 416 g/mol. The van der Waals surface area contributed by atoms with E-state index in [9.17, 15) is 4.79 Å². The summed E-state index contributed by atoms with van der Waals surface area (Å²) in [6.45, 7) is 0. The van der Waals surface area contributed by atoms with Gasteiger partial charge in [-0.15, -0.1) is 0 Å². The second kappa shape index (κ2) is 7.66. The lowest BCUT2D eigenvalue weighted by atomic mass is 10.1. The first-order valence-corrected chi connectivity index (χ1v) is 8.56. The molecule has 0 aromatic heterocycles. The normalized spacial score (nSPS) is 14.8. The van der Waals surface area contributed by atoms with Crippen LogP contribution in [0.15, 0.2) is 52.5 Å². The third-order valence-electron chi connectivity index (χ3n) is 3.91. The third-order valence-corrected chi connectivity index (χ3v) is 4.53. The molecule has 0 bridgehead atoms. The molecule has 3 rings (SSSR count). The van der Waals surface area contributed by atoms with E-state index in [1.807, 2.05) is 30.3 Å². The number of esters is 1. The number of carbonyl (C=O) groups is 1. The van der Waals surface area contributed by atoms with Gasteiger partial charge in [0.15, 0.2) is 0 Å². The van der Waals surface area contributed by atoms with Crippen LogP contribution in [0.3, 0.4) is 0 Å². The minimum absolute atomic E-state index is 0.412. The van der Waals surface area contributed by atoms with Crippen molar-refractivity contribution in [3.8, 4) is 17.2 Å². The van der Waals surface area contributed by atoms with Crippen molar-refractivity contribution >= 4 is 33.7 Å². The molecule has 134 valence electrons. The molecule has 0 radical (unpaired) electrons. The van der Waals surface area contributed by atoms with E-state index >= 15 is 0 Å². The van der Waals surface area contributed by atoms with Gasteiger partial charge < -0.3 is 18.9 Å². The van der Waals surface area contributed by atoms with E-state index in [4.69, 9.17) is 18.9 Å². The Morgan fingerprint density at radius 2 is 1.65 bits per heavy atom.